The van der Waals surface area contributed by atoms with E-state index in [-0.39, 0.29) is 0 Å². The monoisotopic (exact) mass is 246 g/mol. The zero-order valence-electron chi connectivity index (χ0n) is 10.3. The third-order valence-corrected chi connectivity index (χ3v) is 2.56. The molecule has 1 aromatic carbocycles. The van der Waals surface area contributed by atoms with E-state index in [2.05, 4.69) is 10.3 Å². The van der Waals surface area contributed by atoms with Gasteiger partial charge in [-0.1, -0.05) is 23.4 Å². The van der Waals surface area contributed by atoms with Crippen LogP contribution >= 0.6 is 0 Å². The van der Waals surface area contributed by atoms with E-state index in [0.29, 0.717) is 19.7 Å². The lowest BCUT2D eigenvalue weighted by atomic mass is 10.2. The summed E-state index contributed by atoms with van der Waals surface area (Å²) in [6, 6.07) is 9.75. The van der Waals surface area contributed by atoms with Crippen molar-refractivity contribution in [3.05, 3.63) is 42.2 Å². The van der Waals surface area contributed by atoms with Gasteiger partial charge in [-0.2, -0.15) is 0 Å². The smallest absolute Gasteiger partial charge is 0.119 e. The van der Waals surface area contributed by atoms with E-state index in [0.717, 1.165) is 24.3 Å². The highest BCUT2D eigenvalue weighted by molar-refractivity contribution is 5.20. The molecule has 0 fully saturated rings. The van der Waals surface area contributed by atoms with Crippen molar-refractivity contribution in [3.63, 3.8) is 0 Å². The van der Waals surface area contributed by atoms with Crippen LogP contribution in [0.25, 0.3) is 0 Å². The minimum absolute atomic E-state index is 0.587. The first kappa shape index (κ1) is 12.6. The summed E-state index contributed by atoms with van der Waals surface area (Å²) in [7, 11) is 0. The second-order valence-electron chi connectivity index (χ2n) is 4.03. The Kier molecular flexibility index (Phi) is 4.72. The average Bonchev–Trinajstić information content (AvgIpc) is 2.85. The standard InChI is InChI=1S/C13H18N4O/c14-8-4-5-12-11-17(16-15-12)9-10-18-13-6-2-1-3-7-13/h1-3,6-7,11H,4-5,8-10,14H2. The molecule has 0 atom stereocenters. The maximum atomic E-state index is 5.59. The summed E-state index contributed by atoms with van der Waals surface area (Å²) in [5.41, 5.74) is 6.44. The second kappa shape index (κ2) is 6.76. The number of rotatable bonds is 7. The normalized spacial score (nSPS) is 10.5. The lowest BCUT2D eigenvalue weighted by Gasteiger charge is -2.04. The van der Waals surface area contributed by atoms with Crippen molar-refractivity contribution in [2.24, 2.45) is 5.73 Å². The number of aromatic nitrogens is 3. The molecule has 5 heteroatoms. The van der Waals surface area contributed by atoms with Gasteiger partial charge in [-0.25, -0.2) is 4.68 Å². The Morgan fingerprint density at radius 1 is 1.22 bits per heavy atom. The first-order valence-corrected chi connectivity index (χ1v) is 6.15. The quantitative estimate of drug-likeness (QED) is 0.798. The van der Waals surface area contributed by atoms with Crippen molar-refractivity contribution in [3.8, 4) is 5.75 Å². The van der Waals surface area contributed by atoms with E-state index in [9.17, 15) is 0 Å². The van der Waals surface area contributed by atoms with Crippen LogP contribution in [0.15, 0.2) is 36.5 Å². The molecule has 0 aliphatic heterocycles. The van der Waals surface area contributed by atoms with Crippen LogP contribution in [0.2, 0.25) is 0 Å². The number of nitrogens with zero attached hydrogens (tertiary/aromatic N) is 3. The summed E-state index contributed by atoms with van der Waals surface area (Å²) < 4.78 is 7.39. The molecular weight excluding hydrogens is 228 g/mol. The number of ether oxygens (including phenoxy) is 1. The summed E-state index contributed by atoms with van der Waals surface area (Å²) in [5, 5.41) is 8.13. The zero-order valence-corrected chi connectivity index (χ0v) is 10.3. The summed E-state index contributed by atoms with van der Waals surface area (Å²) in [6.45, 7) is 1.97. The van der Waals surface area contributed by atoms with Crippen LogP contribution in [-0.2, 0) is 13.0 Å². The minimum Gasteiger partial charge on any atom is -0.492 e. The van der Waals surface area contributed by atoms with Crippen molar-refractivity contribution in [1.82, 2.24) is 15.0 Å². The highest BCUT2D eigenvalue weighted by atomic mass is 16.5. The molecule has 1 heterocycles. The van der Waals surface area contributed by atoms with Crippen molar-refractivity contribution in [2.45, 2.75) is 19.4 Å². The van der Waals surface area contributed by atoms with Gasteiger partial charge in [-0.05, 0) is 31.5 Å². The SMILES string of the molecule is NCCCc1cn(CCOc2ccccc2)nn1. The number of hydrogen-bond donors (Lipinski definition) is 1. The van der Waals surface area contributed by atoms with Crippen LogP contribution in [0.1, 0.15) is 12.1 Å². The van der Waals surface area contributed by atoms with Crippen LogP contribution < -0.4 is 10.5 Å². The van der Waals surface area contributed by atoms with Gasteiger partial charge in [0.15, 0.2) is 0 Å². The maximum absolute atomic E-state index is 5.59. The number of aryl methyl sites for hydroxylation is 1. The van der Waals surface area contributed by atoms with Gasteiger partial charge in [0.1, 0.15) is 12.4 Å². The van der Waals surface area contributed by atoms with E-state index >= 15 is 0 Å². The molecule has 96 valence electrons. The highest BCUT2D eigenvalue weighted by Gasteiger charge is 2.00. The first-order chi connectivity index (χ1) is 8.88. The summed E-state index contributed by atoms with van der Waals surface area (Å²) in [5.74, 6) is 0.876. The van der Waals surface area contributed by atoms with Gasteiger partial charge in [0.05, 0.1) is 12.2 Å². The maximum Gasteiger partial charge on any atom is 0.119 e. The molecule has 0 amide bonds. The van der Waals surface area contributed by atoms with Gasteiger partial charge in [0.25, 0.3) is 0 Å². The van der Waals surface area contributed by atoms with Crippen LogP contribution in [0, 0.1) is 0 Å². The molecule has 2 N–H and O–H groups in total. The van der Waals surface area contributed by atoms with E-state index in [1.54, 1.807) is 4.68 Å². The molecule has 2 rings (SSSR count). The molecule has 0 saturated heterocycles. The van der Waals surface area contributed by atoms with Gasteiger partial charge in [0.2, 0.25) is 0 Å². The number of nitrogens with two attached hydrogens (primary N) is 1. The Balaban J connectivity index is 1.75. The third-order valence-electron chi connectivity index (χ3n) is 2.56. The molecule has 1 aromatic heterocycles. The van der Waals surface area contributed by atoms with E-state index in [4.69, 9.17) is 10.5 Å². The molecular formula is C13H18N4O. The summed E-state index contributed by atoms with van der Waals surface area (Å²) in [6.07, 6.45) is 3.78. The van der Waals surface area contributed by atoms with Gasteiger partial charge < -0.3 is 10.5 Å². The molecule has 5 nitrogen and oxygen atoms in total. The summed E-state index contributed by atoms with van der Waals surface area (Å²) >= 11 is 0. The van der Waals surface area contributed by atoms with Crippen molar-refractivity contribution in [1.29, 1.82) is 0 Å². The highest BCUT2D eigenvalue weighted by Crippen LogP contribution is 2.08. The predicted molar refractivity (Wildman–Crippen MR) is 69.3 cm³/mol. The van der Waals surface area contributed by atoms with E-state index < -0.39 is 0 Å². The second-order valence-corrected chi connectivity index (χ2v) is 4.03. The fraction of sp³-hybridized carbons (Fsp3) is 0.385. The van der Waals surface area contributed by atoms with Crippen molar-refractivity contribution >= 4 is 0 Å². The van der Waals surface area contributed by atoms with Crippen LogP contribution in [0.3, 0.4) is 0 Å². The lowest BCUT2D eigenvalue weighted by Crippen LogP contribution is -2.08. The fourth-order valence-corrected chi connectivity index (χ4v) is 1.62. The minimum atomic E-state index is 0.587. The molecule has 2 aromatic rings. The summed E-state index contributed by atoms with van der Waals surface area (Å²) in [4.78, 5) is 0. The Labute approximate surface area is 107 Å². The zero-order chi connectivity index (χ0) is 12.6. The molecule has 0 spiro atoms. The largest absolute Gasteiger partial charge is 0.492 e. The fourth-order valence-electron chi connectivity index (χ4n) is 1.62. The number of benzene rings is 1. The lowest BCUT2D eigenvalue weighted by molar-refractivity contribution is 0.289. The van der Waals surface area contributed by atoms with E-state index in [1.807, 2.05) is 36.5 Å². The van der Waals surface area contributed by atoms with Crippen molar-refractivity contribution in [2.75, 3.05) is 13.2 Å². The number of hydrogen-bond acceptors (Lipinski definition) is 4. The average molecular weight is 246 g/mol. The molecule has 0 aliphatic rings. The van der Waals surface area contributed by atoms with Crippen LogP contribution in [0.4, 0.5) is 0 Å². The number of para-hydroxylation sites is 1. The molecule has 0 bridgehead atoms. The molecule has 0 unspecified atom stereocenters. The molecule has 0 saturated carbocycles. The van der Waals surface area contributed by atoms with Crippen LogP contribution in [0.5, 0.6) is 5.75 Å². The van der Waals surface area contributed by atoms with Gasteiger partial charge >= 0.3 is 0 Å². The van der Waals surface area contributed by atoms with E-state index in [1.165, 1.54) is 0 Å². The molecule has 0 radical (unpaired) electrons. The third kappa shape index (κ3) is 3.85. The van der Waals surface area contributed by atoms with Crippen LogP contribution in [-0.4, -0.2) is 28.1 Å². The topological polar surface area (TPSA) is 66.0 Å². The van der Waals surface area contributed by atoms with Crippen molar-refractivity contribution < 1.29 is 4.74 Å². The predicted octanol–water partition coefficient (Wildman–Crippen LogP) is 1.25. The molecule has 18 heavy (non-hydrogen) atoms. The Morgan fingerprint density at radius 3 is 2.83 bits per heavy atom. The van der Waals surface area contributed by atoms with Gasteiger partial charge in [-0.15, -0.1) is 5.10 Å². The van der Waals surface area contributed by atoms with Gasteiger partial charge in [-0.3, -0.25) is 0 Å². The Morgan fingerprint density at radius 2 is 2.06 bits per heavy atom. The first-order valence-electron chi connectivity index (χ1n) is 6.15. The Bertz CT molecular complexity index is 455. The Hall–Kier alpha value is -1.88. The molecule has 0 aliphatic carbocycles. The van der Waals surface area contributed by atoms with Gasteiger partial charge in [0, 0.05) is 6.20 Å².